The van der Waals surface area contributed by atoms with Gasteiger partial charge in [0.1, 0.15) is 28.9 Å². The number of ether oxygens (including phenoxy) is 3. The molecule has 0 unspecified atom stereocenters. The fourth-order valence-corrected chi connectivity index (χ4v) is 15.7. The Labute approximate surface area is 354 Å². The first-order chi connectivity index (χ1) is 27.4. The van der Waals surface area contributed by atoms with Gasteiger partial charge in [-0.15, -0.1) is 0 Å². The molecule has 0 radical (unpaired) electrons. The third-order valence-electron chi connectivity index (χ3n) is 13.9. The summed E-state index contributed by atoms with van der Waals surface area (Å²) in [6.45, 7) is 9.93. The van der Waals surface area contributed by atoms with Crippen molar-refractivity contribution in [1.82, 2.24) is 4.90 Å². The molecule has 1 saturated carbocycles. The van der Waals surface area contributed by atoms with Crippen molar-refractivity contribution >= 4 is 40.8 Å². The van der Waals surface area contributed by atoms with Crippen LogP contribution in [0.5, 0.6) is 5.75 Å². The van der Waals surface area contributed by atoms with Crippen LogP contribution in [0, 0.1) is 26.2 Å². The standard InChI is InChI=1S/C48H56N2O6P.BrH/c1-8-46-26-10-28-50-29-27-47(42(46)50)39-25-18-35(54-6)31-40(39)49(5)43(47)48(53,45(52)55-7)44(46)56-41(51)11-9-30-57(36-19-12-32(2)13-20-36,37-21-14-33(3)15-22-37)38-23-16-34(4)17-24-38;/h10,12-26,31,42-44,53H,8-9,11,27-30H2,1-7H3;1H/q+1;/p-1/t42-,43+,44+,46+,47+,48-;/m0./s1. The fraction of sp³-hybridized carbons (Fsp3) is 0.417. The highest BCUT2D eigenvalue weighted by Crippen LogP contribution is 2.67. The number of carbonyl (C=O) groups excluding carboxylic acids is 2. The molecule has 3 aliphatic heterocycles. The summed E-state index contributed by atoms with van der Waals surface area (Å²) in [6, 6.07) is 31.8. The molecule has 3 heterocycles. The van der Waals surface area contributed by atoms with Crippen molar-refractivity contribution in [1.29, 1.82) is 0 Å². The number of hydrogen-bond acceptors (Lipinski definition) is 8. The SMILES string of the molecule is CC[C@]12C=CCN3CC[C@@]4(c5ccc(OC)cc5N(C)[C@H]4[C@@](O)(C(=O)OC)[C@@H]1OC(=O)CCC[P+](c1ccc(C)cc1)(c1ccc(C)cc1)c1ccc(C)cc1)[C@@H]32.[Br-]. The van der Waals surface area contributed by atoms with Gasteiger partial charge in [0.05, 0.1) is 26.4 Å². The molecule has 8 rings (SSSR count). The van der Waals surface area contributed by atoms with Gasteiger partial charge in [0.2, 0.25) is 5.60 Å². The molecule has 1 aliphatic carbocycles. The van der Waals surface area contributed by atoms with Crippen LogP contribution in [0.25, 0.3) is 0 Å². The summed E-state index contributed by atoms with van der Waals surface area (Å²) < 4.78 is 17.8. The van der Waals surface area contributed by atoms with Gasteiger partial charge in [0, 0.05) is 48.6 Å². The Morgan fingerprint density at radius 3 is 1.93 bits per heavy atom. The summed E-state index contributed by atoms with van der Waals surface area (Å²) >= 11 is 0. The van der Waals surface area contributed by atoms with E-state index in [-0.39, 0.29) is 29.4 Å². The topological polar surface area (TPSA) is 88.5 Å². The van der Waals surface area contributed by atoms with Crippen LogP contribution < -0.4 is 42.5 Å². The Hall–Kier alpha value is -4.01. The lowest BCUT2D eigenvalue weighted by Gasteiger charge is -2.63. The highest BCUT2D eigenvalue weighted by Gasteiger charge is 2.80. The van der Waals surface area contributed by atoms with Gasteiger partial charge in [-0.05, 0) is 94.6 Å². The van der Waals surface area contributed by atoms with Gasteiger partial charge in [0.15, 0.2) is 6.10 Å². The number of rotatable bonds is 11. The molecule has 1 N–H and O–H groups in total. The van der Waals surface area contributed by atoms with Crippen molar-refractivity contribution in [2.45, 2.75) is 82.6 Å². The lowest BCUT2D eigenvalue weighted by Crippen LogP contribution is -3.00. The second-order valence-electron chi connectivity index (χ2n) is 16.8. The summed E-state index contributed by atoms with van der Waals surface area (Å²) in [7, 11) is 2.64. The normalized spacial score (nSPS) is 26.9. The molecule has 4 aromatic rings. The van der Waals surface area contributed by atoms with E-state index in [9.17, 15) is 14.7 Å². The number of carbonyl (C=O) groups is 2. The molecule has 306 valence electrons. The third kappa shape index (κ3) is 6.17. The molecule has 1 spiro atoms. The molecule has 10 heteroatoms. The van der Waals surface area contributed by atoms with Gasteiger partial charge in [0.25, 0.3) is 0 Å². The number of esters is 2. The maximum atomic E-state index is 14.6. The molecule has 0 amide bonds. The largest absolute Gasteiger partial charge is 1.00 e. The first-order valence-electron chi connectivity index (χ1n) is 20.3. The van der Waals surface area contributed by atoms with E-state index >= 15 is 0 Å². The Kier molecular flexibility index (Phi) is 11.5. The first-order valence-corrected chi connectivity index (χ1v) is 22.3. The zero-order chi connectivity index (χ0) is 40.3. The van der Waals surface area contributed by atoms with E-state index in [1.54, 1.807) is 7.11 Å². The van der Waals surface area contributed by atoms with Crippen LogP contribution in [-0.2, 0) is 24.5 Å². The zero-order valence-electron chi connectivity index (χ0n) is 34.7. The average Bonchev–Trinajstić information content (AvgIpc) is 3.74. The van der Waals surface area contributed by atoms with Crippen LogP contribution >= 0.6 is 7.26 Å². The minimum absolute atomic E-state index is 0. The van der Waals surface area contributed by atoms with E-state index in [0.29, 0.717) is 18.6 Å². The second kappa shape index (κ2) is 15.9. The molecular formula is C48H56BrN2O6P. The molecule has 1 saturated heterocycles. The van der Waals surface area contributed by atoms with Crippen LogP contribution in [-0.4, -0.2) is 86.3 Å². The summed E-state index contributed by atoms with van der Waals surface area (Å²) in [4.78, 5) is 33.4. The van der Waals surface area contributed by atoms with E-state index in [1.165, 1.54) is 39.7 Å². The number of anilines is 1. The van der Waals surface area contributed by atoms with Crippen LogP contribution in [0.2, 0.25) is 0 Å². The van der Waals surface area contributed by atoms with Crippen molar-refractivity contribution < 1.29 is 45.9 Å². The molecule has 0 aromatic heterocycles. The van der Waals surface area contributed by atoms with Gasteiger partial charge >= 0.3 is 11.9 Å². The molecule has 58 heavy (non-hydrogen) atoms. The smallest absolute Gasteiger partial charge is 0.344 e. The Morgan fingerprint density at radius 2 is 1.41 bits per heavy atom. The quantitative estimate of drug-likeness (QED) is 0.140. The molecule has 2 fully saturated rings. The number of likely N-dealkylation sites (N-methyl/N-ethyl adjacent to an activating group) is 1. The maximum Gasteiger partial charge on any atom is 0.344 e. The minimum Gasteiger partial charge on any atom is -1.00 e. The van der Waals surface area contributed by atoms with Gasteiger partial charge in [-0.3, -0.25) is 9.69 Å². The molecule has 0 bridgehead atoms. The summed E-state index contributed by atoms with van der Waals surface area (Å²) in [5.41, 5.74) is 1.88. The number of benzene rings is 4. The van der Waals surface area contributed by atoms with Crippen molar-refractivity contribution in [3.8, 4) is 5.75 Å². The number of methoxy groups -OCH3 is 2. The summed E-state index contributed by atoms with van der Waals surface area (Å²) in [5.74, 6) is -0.523. The molecule has 6 atom stereocenters. The Bertz CT molecular complexity index is 2080. The highest BCUT2D eigenvalue weighted by atomic mass is 79.9. The number of nitrogens with zero attached hydrogens (tertiary/aromatic N) is 2. The lowest BCUT2D eigenvalue weighted by molar-refractivity contribution is -0.229. The summed E-state index contributed by atoms with van der Waals surface area (Å²) in [6.07, 6.45) is 5.76. The van der Waals surface area contributed by atoms with Crippen LogP contribution in [0.15, 0.2) is 103 Å². The number of halogens is 1. The number of aliphatic hydroxyl groups is 1. The second-order valence-corrected chi connectivity index (χ2v) is 20.4. The van der Waals surface area contributed by atoms with E-state index in [4.69, 9.17) is 14.2 Å². The molecule has 8 nitrogen and oxygen atoms in total. The molecule has 4 aromatic carbocycles. The van der Waals surface area contributed by atoms with Crippen LogP contribution in [0.4, 0.5) is 5.69 Å². The predicted molar refractivity (Wildman–Crippen MR) is 229 cm³/mol. The molecule has 4 aliphatic rings. The average molecular weight is 868 g/mol. The maximum absolute atomic E-state index is 14.6. The monoisotopic (exact) mass is 866 g/mol. The van der Waals surface area contributed by atoms with Gasteiger partial charge in [-0.1, -0.05) is 78.2 Å². The highest BCUT2D eigenvalue weighted by molar-refractivity contribution is 7.95. The van der Waals surface area contributed by atoms with Gasteiger partial charge < -0.3 is 41.2 Å². The van der Waals surface area contributed by atoms with Gasteiger partial charge in [-0.25, -0.2) is 4.79 Å². The third-order valence-corrected chi connectivity index (χ3v) is 18.4. The minimum atomic E-state index is -2.24. The number of fused-ring (bicyclic) bond motifs is 1. The van der Waals surface area contributed by atoms with Crippen molar-refractivity contribution in [2.75, 3.05) is 45.4 Å². The lowest BCUT2D eigenvalue weighted by atomic mass is 9.47. The fourth-order valence-electron chi connectivity index (χ4n) is 11.4. The van der Waals surface area contributed by atoms with Crippen molar-refractivity contribution in [3.63, 3.8) is 0 Å². The van der Waals surface area contributed by atoms with Crippen LogP contribution in [0.3, 0.4) is 0 Å². The van der Waals surface area contributed by atoms with E-state index in [1.807, 2.05) is 24.1 Å². The zero-order valence-corrected chi connectivity index (χ0v) is 37.2. The summed E-state index contributed by atoms with van der Waals surface area (Å²) in [5, 5.41) is 17.1. The van der Waals surface area contributed by atoms with E-state index < -0.39 is 47.8 Å². The van der Waals surface area contributed by atoms with E-state index in [2.05, 4.69) is 124 Å². The van der Waals surface area contributed by atoms with Crippen molar-refractivity contribution in [3.05, 3.63) is 125 Å². The number of aryl methyl sites for hydroxylation is 3. The first kappa shape index (κ1) is 42.1. The van der Waals surface area contributed by atoms with E-state index in [0.717, 1.165) is 36.9 Å². The number of hydrogen-bond donors (Lipinski definition) is 1. The van der Waals surface area contributed by atoms with Crippen LogP contribution in [0.1, 0.15) is 54.9 Å². The Morgan fingerprint density at radius 1 is 0.845 bits per heavy atom. The predicted octanol–water partition coefficient (Wildman–Crippen LogP) is 3.32. The van der Waals surface area contributed by atoms with Gasteiger partial charge in [-0.2, -0.15) is 0 Å². The Balaban J connectivity index is 0.00000512. The molecular weight excluding hydrogens is 811 g/mol. The van der Waals surface area contributed by atoms with Crippen molar-refractivity contribution in [2.24, 2.45) is 5.41 Å².